The Bertz CT molecular complexity index is 1760. The first kappa shape index (κ1) is 37.7. The van der Waals surface area contributed by atoms with Crippen LogP contribution in [0.5, 0.6) is 5.75 Å². The number of amides is 2. The third kappa shape index (κ3) is 10.3. The molecule has 0 aromatic heterocycles. The van der Waals surface area contributed by atoms with Crippen molar-refractivity contribution in [1.29, 1.82) is 0 Å². The quantitative estimate of drug-likeness (QED) is 0.101. The molecule has 0 aliphatic carbocycles. The number of cyclic esters (lactones) is 1. The highest BCUT2D eigenvalue weighted by atomic mass is 127. The minimum atomic E-state index is -2.03. The van der Waals surface area contributed by atoms with Crippen molar-refractivity contribution in [2.75, 3.05) is 18.5 Å². The largest absolute Gasteiger partial charge is 0.544 e. The average Bonchev–Trinajstić information content (AvgIpc) is 3.45. The highest BCUT2D eigenvalue weighted by molar-refractivity contribution is 14.1. The third-order valence-corrected chi connectivity index (χ3v) is 10.8. The predicted molar refractivity (Wildman–Crippen MR) is 211 cm³/mol. The molecule has 11 heteroatoms. The molecular weight excluding hydrogens is 779 g/mol. The molecule has 1 fully saturated rings. The zero-order valence-corrected chi connectivity index (χ0v) is 33.7. The molecule has 1 unspecified atom stereocenters. The molecule has 0 bridgehead atoms. The number of hydrogen-bond donors (Lipinski definition) is 1. The molecule has 7 nitrogen and oxygen atoms in total. The van der Waals surface area contributed by atoms with Crippen LogP contribution in [-0.2, 0) is 14.0 Å². The summed E-state index contributed by atoms with van der Waals surface area (Å²) in [6, 6.07) is 29.7. The van der Waals surface area contributed by atoms with E-state index in [4.69, 9.17) is 13.6 Å². The van der Waals surface area contributed by atoms with Gasteiger partial charge in [-0.2, -0.15) is 0 Å². The lowest BCUT2D eigenvalue weighted by atomic mass is 9.95. The second-order valence-electron chi connectivity index (χ2n) is 14.6. The van der Waals surface area contributed by atoms with Crippen LogP contribution < -0.4 is 9.74 Å². The van der Waals surface area contributed by atoms with Gasteiger partial charge in [0.05, 0.1) is 12.0 Å². The summed E-state index contributed by atoms with van der Waals surface area (Å²) in [7, 11) is -3.95. The minimum Gasteiger partial charge on any atom is -0.544 e. The van der Waals surface area contributed by atoms with Crippen LogP contribution in [0.4, 0.5) is 14.9 Å². The van der Waals surface area contributed by atoms with Gasteiger partial charge in [-0.15, -0.1) is 0 Å². The molecule has 4 aromatic rings. The zero-order chi connectivity index (χ0) is 36.1. The number of anilines is 1. The van der Waals surface area contributed by atoms with Crippen molar-refractivity contribution >= 4 is 56.9 Å². The minimum absolute atomic E-state index is 0.101. The highest BCUT2D eigenvalue weighted by Crippen LogP contribution is 2.36. The van der Waals surface area contributed by atoms with Crippen LogP contribution >= 0.6 is 22.6 Å². The molecule has 50 heavy (non-hydrogen) atoms. The fourth-order valence-electron chi connectivity index (χ4n) is 6.00. The maximum Gasteiger partial charge on any atom is 0.417 e. The van der Waals surface area contributed by atoms with E-state index in [-0.39, 0.29) is 31.0 Å². The third-order valence-electron chi connectivity index (χ3n) is 8.26. The topological polar surface area (TPSA) is 77.1 Å². The number of imide groups is 1. The van der Waals surface area contributed by atoms with Gasteiger partial charge in [-0.25, -0.2) is 14.1 Å². The van der Waals surface area contributed by atoms with E-state index in [9.17, 15) is 14.0 Å². The van der Waals surface area contributed by atoms with Gasteiger partial charge in [0.1, 0.15) is 24.2 Å². The van der Waals surface area contributed by atoms with Gasteiger partial charge in [0.25, 0.3) is 0 Å². The van der Waals surface area contributed by atoms with Crippen molar-refractivity contribution in [1.82, 2.24) is 4.90 Å². The van der Waals surface area contributed by atoms with Gasteiger partial charge in [-0.05, 0) is 134 Å². The second-order valence-corrected chi connectivity index (χ2v) is 24.7. The molecule has 2 amide bonds. The molecule has 1 heterocycles. The van der Waals surface area contributed by atoms with E-state index < -0.39 is 34.7 Å². The normalized spacial score (nSPS) is 16.1. The van der Waals surface area contributed by atoms with Crippen molar-refractivity contribution < 1.29 is 27.6 Å². The number of carbonyl (C=O) groups excluding carboxylic acids is 2. The molecule has 1 aliphatic rings. The summed E-state index contributed by atoms with van der Waals surface area (Å²) in [5, 5.41) is 3.52. The smallest absolute Gasteiger partial charge is 0.417 e. The van der Waals surface area contributed by atoms with Crippen molar-refractivity contribution in [3.63, 3.8) is 0 Å². The molecule has 1 N–H and O–H groups in total. The molecule has 5 rings (SSSR count). The Hall–Kier alpha value is -3.53. The van der Waals surface area contributed by atoms with Crippen LogP contribution in [0.25, 0.3) is 11.1 Å². The first-order chi connectivity index (χ1) is 23.7. The summed E-state index contributed by atoms with van der Waals surface area (Å²) in [6.45, 7) is 13.2. The van der Waals surface area contributed by atoms with Crippen LogP contribution in [0.2, 0.25) is 39.3 Å². The fourth-order valence-corrected chi connectivity index (χ4v) is 8.31. The first-order valence-electron chi connectivity index (χ1n) is 17.0. The first-order valence-corrected chi connectivity index (χ1v) is 24.9. The molecular formula is C39H46FIN2O5Si2. The Balaban J connectivity index is 1.45. The van der Waals surface area contributed by atoms with E-state index in [1.54, 1.807) is 12.1 Å². The van der Waals surface area contributed by atoms with E-state index >= 15 is 0 Å². The number of benzene rings is 4. The summed E-state index contributed by atoms with van der Waals surface area (Å²) < 4.78 is 33.5. The number of nitrogens with one attached hydrogen (secondary N) is 1. The zero-order valence-electron chi connectivity index (χ0n) is 29.5. The Labute approximate surface area is 310 Å². The fraction of sp³-hybridized carbons (Fsp3) is 0.333. The molecule has 4 aromatic carbocycles. The van der Waals surface area contributed by atoms with Crippen molar-refractivity contribution in [2.24, 2.45) is 5.92 Å². The summed E-state index contributed by atoms with van der Waals surface area (Å²) in [4.78, 5) is 28.9. The second kappa shape index (κ2) is 16.2. The monoisotopic (exact) mass is 824 g/mol. The van der Waals surface area contributed by atoms with Gasteiger partial charge in [-0.3, -0.25) is 4.79 Å². The van der Waals surface area contributed by atoms with Crippen LogP contribution in [0, 0.1) is 15.3 Å². The van der Waals surface area contributed by atoms with Gasteiger partial charge < -0.3 is 18.9 Å². The van der Waals surface area contributed by atoms with E-state index in [2.05, 4.69) is 97.5 Å². The van der Waals surface area contributed by atoms with Crippen molar-refractivity contribution in [2.45, 2.75) is 64.3 Å². The summed E-state index contributed by atoms with van der Waals surface area (Å²) in [6.07, 6.45) is -0.0524. The van der Waals surface area contributed by atoms with Crippen LogP contribution in [0.15, 0.2) is 97.1 Å². The summed E-state index contributed by atoms with van der Waals surface area (Å²) in [5.74, 6) is -0.404. The lowest BCUT2D eigenvalue weighted by Crippen LogP contribution is -2.41. The Morgan fingerprint density at radius 2 is 1.60 bits per heavy atom. The lowest BCUT2D eigenvalue weighted by molar-refractivity contribution is -0.133. The molecule has 1 aliphatic heterocycles. The SMILES string of the molecule is C[Si](C)(C)Oc1ccc(NC[C@@H](CCC(O[Si](C)(C)C)c2ccc(F)cc2)C(=O)N2C(=O)OC[C@@H]2c2ccccc2)cc1-c1ccc(I)cc1. The van der Waals surface area contributed by atoms with E-state index in [0.29, 0.717) is 12.8 Å². The van der Waals surface area contributed by atoms with Gasteiger partial charge in [0.15, 0.2) is 8.32 Å². The number of carbonyl (C=O) groups is 2. The predicted octanol–water partition coefficient (Wildman–Crippen LogP) is 10.4. The molecule has 1 saturated heterocycles. The maximum atomic E-state index is 14.5. The maximum absolute atomic E-state index is 14.5. The van der Waals surface area contributed by atoms with Crippen molar-refractivity contribution in [3.05, 3.63) is 118 Å². The van der Waals surface area contributed by atoms with Crippen molar-refractivity contribution in [3.8, 4) is 16.9 Å². The summed E-state index contributed by atoms with van der Waals surface area (Å²) >= 11 is 2.30. The number of nitrogens with zero attached hydrogens (tertiary/aromatic N) is 1. The Morgan fingerprint density at radius 1 is 0.920 bits per heavy atom. The van der Waals surface area contributed by atoms with Crippen LogP contribution in [0.3, 0.4) is 0 Å². The standard InChI is InChI=1S/C39H46FIN2O5Si2/c1-49(2,3)47-36(29-12-17-31(40)18-13-29)22-16-30(38(44)43-35(26-46-39(43)45)28-10-8-7-9-11-28)25-42-33-21-23-37(48-50(4,5)6)34(24-33)27-14-19-32(41)20-15-27/h7-15,17-21,23-24,30,35-36,42H,16,22,25-26H2,1-6H3/t30-,35-,36?/m1/s1. The van der Waals surface area contributed by atoms with Gasteiger partial charge >= 0.3 is 6.09 Å². The number of hydrogen-bond acceptors (Lipinski definition) is 6. The summed E-state index contributed by atoms with van der Waals surface area (Å²) in [5.41, 5.74) is 4.52. The van der Waals surface area contributed by atoms with E-state index in [0.717, 1.165) is 37.3 Å². The van der Waals surface area contributed by atoms with Gasteiger partial charge in [0.2, 0.25) is 14.2 Å². The lowest BCUT2D eigenvalue weighted by Gasteiger charge is -2.30. The number of rotatable bonds is 14. The van der Waals surface area contributed by atoms with Gasteiger partial charge in [0, 0.05) is 21.4 Å². The molecule has 0 spiro atoms. The molecule has 0 radical (unpaired) electrons. The highest BCUT2D eigenvalue weighted by Gasteiger charge is 2.41. The number of halogens is 2. The Morgan fingerprint density at radius 3 is 2.24 bits per heavy atom. The molecule has 0 saturated carbocycles. The molecule has 264 valence electrons. The van der Waals surface area contributed by atoms with E-state index in [1.807, 2.05) is 42.5 Å². The van der Waals surface area contributed by atoms with Crippen LogP contribution in [0.1, 0.15) is 36.1 Å². The average molecular weight is 825 g/mol. The molecule has 3 atom stereocenters. The number of ether oxygens (including phenoxy) is 1. The van der Waals surface area contributed by atoms with E-state index in [1.165, 1.54) is 17.0 Å². The Kier molecular flexibility index (Phi) is 12.2. The van der Waals surface area contributed by atoms with Crippen LogP contribution in [-0.4, -0.2) is 46.7 Å². The van der Waals surface area contributed by atoms with Gasteiger partial charge in [-0.1, -0.05) is 54.6 Å².